The second-order valence-corrected chi connectivity index (χ2v) is 3.29. The number of nitrogens with zero attached hydrogens (tertiary/aromatic N) is 3. The molecular weight excluding hydrogens is 293 g/mol. The molecule has 0 saturated carbocycles. The summed E-state index contributed by atoms with van der Waals surface area (Å²) in [4.78, 5) is 12.4. The Morgan fingerprint density at radius 3 is 2.50 bits per heavy atom. The Hall–Kier alpha value is -2.51. The van der Waals surface area contributed by atoms with Gasteiger partial charge in [0, 0.05) is 6.07 Å². The smallest absolute Gasteiger partial charge is 0.387 e. The number of halogens is 5. The third kappa shape index (κ3) is 3.74. The fourth-order valence-corrected chi connectivity index (χ4v) is 1.27. The number of alkyl halides is 5. The van der Waals surface area contributed by atoms with Crippen LogP contribution in [-0.4, -0.2) is 16.3 Å². The van der Waals surface area contributed by atoms with Gasteiger partial charge >= 0.3 is 6.36 Å². The number of rotatable bonds is 4. The van der Waals surface area contributed by atoms with Crippen LogP contribution in [0.25, 0.3) is 0 Å². The van der Waals surface area contributed by atoms with E-state index in [-0.39, 0.29) is 0 Å². The van der Waals surface area contributed by atoms with Gasteiger partial charge in [0.05, 0.1) is 17.4 Å². The van der Waals surface area contributed by atoms with Crippen molar-refractivity contribution in [3.05, 3.63) is 27.4 Å². The molecule has 0 atom stereocenters. The summed E-state index contributed by atoms with van der Waals surface area (Å²) in [6.07, 6.45) is -9.47. The normalized spacial score (nSPS) is 11.2. The molecule has 0 radical (unpaired) electrons. The second kappa shape index (κ2) is 5.64. The average Bonchev–Trinajstić information content (AvgIpc) is 2.28. The number of hydrogen-bond donors (Lipinski definition) is 0. The van der Waals surface area contributed by atoms with Gasteiger partial charge in [-0.1, -0.05) is 0 Å². The molecule has 1 aromatic heterocycles. The van der Waals surface area contributed by atoms with E-state index >= 15 is 0 Å². The van der Waals surface area contributed by atoms with Crippen LogP contribution in [0, 0.1) is 21.4 Å². The highest BCUT2D eigenvalue weighted by atomic mass is 19.4. The molecule has 0 aliphatic heterocycles. The van der Waals surface area contributed by atoms with Gasteiger partial charge in [0.1, 0.15) is 11.3 Å². The number of aromatic nitrogens is 1. The van der Waals surface area contributed by atoms with Gasteiger partial charge in [-0.3, -0.25) is 10.1 Å². The number of hydrogen-bond acceptors (Lipinski definition) is 5. The maximum atomic E-state index is 12.5. The Morgan fingerprint density at radius 1 is 1.50 bits per heavy atom. The van der Waals surface area contributed by atoms with Crippen molar-refractivity contribution in [2.24, 2.45) is 0 Å². The van der Waals surface area contributed by atoms with Crippen molar-refractivity contribution < 1.29 is 31.6 Å². The predicted molar refractivity (Wildman–Crippen MR) is 51.8 cm³/mol. The molecular formula is C9H4F5N3O3. The highest BCUT2D eigenvalue weighted by Gasteiger charge is 2.36. The van der Waals surface area contributed by atoms with Crippen LogP contribution in [0.3, 0.4) is 0 Å². The van der Waals surface area contributed by atoms with E-state index in [0.29, 0.717) is 6.07 Å². The molecule has 1 rings (SSSR count). The zero-order valence-electron chi connectivity index (χ0n) is 9.32. The SMILES string of the molecule is N#CCc1c([N+](=O)[O-])cc(C(F)F)nc1OC(F)(F)F. The summed E-state index contributed by atoms with van der Waals surface area (Å²) in [5.74, 6) is -1.43. The van der Waals surface area contributed by atoms with Crippen molar-refractivity contribution >= 4 is 5.69 Å². The minimum absolute atomic E-state index is 0.306. The molecule has 0 spiro atoms. The first-order valence-corrected chi connectivity index (χ1v) is 4.74. The maximum Gasteiger partial charge on any atom is 0.574 e. The minimum atomic E-state index is -5.29. The molecule has 0 aromatic carbocycles. The van der Waals surface area contributed by atoms with Crippen LogP contribution in [0.15, 0.2) is 6.07 Å². The summed E-state index contributed by atoms with van der Waals surface area (Å²) >= 11 is 0. The van der Waals surface area contributed by atoms with Gasteiger partial charge in [-0.25, -0.2) is 13.8 Å². The quantitative estimate of drug-likeness (QED) is 0.484. The van der Waals surface area contributed by atoms with E-state index < -0.39 is 47.0 Å². The molecule has 1 heterocycles. The summed E-state index contributed by atoms with van der Waals surface area (Å²) in [5, 5.41) is 19.1. The first-order chi connectivity index (χ1) is 9.15. The van der Waals surface area contributed by atoms with E-state index in [0.717, 1.165) is 0 Å². The van der Waals surface area contributed by atoms with Crippen LogP contribution in [0.5, 0.6) is 5.88 Å². The molecule has 0 saturated heterocycles. The molecule has 108 valence electrons. The van der Waals surface area contributed by atoms with Crippen molar-refractivity contribution in [3.63, 3.8) is 0 Å². The molecule has 0 amide bonds. The van der Waals surface area contributed by atoms with Crippen LogP contribution in [-0.2, 0) is 6.42 Å². The largest absolute Gasteiger partial charge is 0.574 e. The number of nitriles is 1. The van der Waals surface area contributed by atoms with Crippen LogP contribution in [0.4, 0.5) is 27.6 Å². The number of pyridine rings is 1. The van der Waals surface area contributed by atoms with E-state index in [1.165, 1.54) is 6.07 Å². The van der Waals surface area contributed by atoms with Crippen molar-refractivity contribution in [1.29, 1.82) is 5.26 Å². The summed E-state index contributed by atoms with van der Waals surface area (Å²) in [7, 11) is 0. The average molecular weight is 297 g/mol. The molecule has 0 aliphatic carbocycles. The van der Waals surface area contributed by atoms with Gasteiger partial charge in [-0.05, 0) is 0 Å². The van der Waals surface area contributed by atoms with Gasteiger partial charge in [0.25, 0.3) is 12.1 Å². The number of nitro groups is 1. The van der Waals surface area contributed by atoms with Crippen LogP contribution in [0.2, 0.25) is 0 Å². The summed E-state index contributed by atoms with van der Waals surface area (Å²) in [5.41, 5.74) is -3.16. The fraction of sp³-hybridized carbons (Fsp3) is 0.333. The van der Waals surface area contributed by atoms with Crippen LogP contribution >= 0.6 is 0 Å². The van der Waals surface area contributed by atoms with Crippen molar-refractivity contribution in [2.75, 3.05) is 0 Å². The fourth-order valence-electron chi connectivity index (χ4n) is 1.27. The Morgan fingerprint density at radius 2 is 2.10 bits per heavy atom. The standard InChI is InChI=1S/C9H4F5N3O3/c10-7(11)5-3-6(17(18)19)4(1-2-15)8(16-5)20-9(12,13)14/h3,7H,1H2. The lowest BCUT2D eigenvalue weighted by atomic mass is 10.1. The van der Waals surface area contributed by atoms with E-state index in [1.54, 1.807) is 0 Å². The van der Waals surface area contributed by atoms with E-state index in [4.69, 9.17) is 5.26 Å². The third-order valence-corrected chi connectivity index (χ3v) is 1.97. The van der Waals surface area contributed by atoms with E-state index in [9.17, 15) is 32.1 Å². The van der Waals surface area contributed by atoms with E-state index in [1.807, 2.05) is 0 Å². The van der Waals surface area contributed by atoms with Gasteiger partial charge < -0.3 is 4.74 Å². The minimum Gasteiger partial charge on any atom is -0.387 e. The van der Waals surface area contributed by atoms with Gasteiger partial charge in [-0.15, -0.1) is 13.2 Å². The second-order valence-electron chi connectivity index (χ2n) is 3.29. The molecule has 0 unspecified atom stereocenters. The summed E-state index contributed by atoms with van der Waals surface area (Å²) < 4.78 is 64.6. The summed E-state index contributed by atoms with van der Waals surface area (Å²) in [6.45, 7) is 0. The first-order valence-electron chi connectivity index (χ1n) is 4.74. The van der Waals surface area contributed by atoms with Crippen molar-refractivity contribution in [1.82, 2.24) is 4.98 Å². The van der Waals surface area contributed by atoms with E-state index in [2.05, 4.69) is 9.72 Å². The summed E-state index contributed by atoms with van der Waals surface area (Å²) in [6, 6.07) is 1.68. The molecule has 11 heteroatoms. The van der Waals surface area contributed by atoms with Crippen LogP contribution in [0.1, 0.15) is 17.7 Å². The Labute approximate surface area is 107 Å². The Balaban J connectivity index is 3.51. The predicted octanol–water partition coefficient (Wildman–Crippen LogP) is 2.89. The van der Waals surface area contributed by atoms with Crippen molar-refractivity contribution in [2.45, 2.75) is 19.2 Å². The highest BCUT2D eigenvalue weighted by molar-refractivity contribution is 5.49. The zero-order chi connectivity index (χ0) is 15.5. The monoisotopic (exact) mass is 297 g/mol. The van der Waals surface area contributed by atoms with Crippen molar-refractivity contribution in [3.8, 4) is 11.9 Å². The lowest BCUT2D eigenvalue weighted by Gasteiger charge is -2.12. The maximum absolute atomic E-state index is 12.5. The first kappa shape index (κ1) is 15.5. The molecule has 0 fully saturated rings. The lowest BCUT2D eigenvalue weighted by Crippen LogP contribution is -2.20. The van der Waals surface area contributed by atoms with Gasteiger partial charge in [0.2, 0.25) is 5.88 Å². The molecule has 6 nitrogen and oxygen atoms in total. The van der Waals surface area contributed by atoms with Crippen LogP contribution < -0.4 is 4.74 Å². The topological polar surface area (TPSA) is 89.0 Å². The molecule has 20 heavy (non-hydrogen) atoms. The highest BCUT2D eigenvalue weighted by Crippen LogP contribution is 2.34. The lowest BCUT2D eigenvalue weighted by molar-refractivity contribution is -0.385. The van der Waals surface area contributed by atoms with Gasteiger partial charge in [0.15, 0.2) is 0 Å². The molecule has 0 bridgehead atoms. The Kier molecular flexibility index (Phi) is 4.38. The third-order valence-electron chi connectivity index (χ3n) is 1.97. The molecule has 0 N–H and O–H groups in total. The molecule has 0 aliphatic rings. The number of ether oxygens (including phenoxy) is 1. The van der Waals surface area contributed by atoms with Gasteiger partial charge in [-0.2, -0.15) is 5.26 Å². The zero-order valence-corrected chi connectivity index (χ0v) is 9.32. The Bertz CT molecular complexity index is 567. The molecule has 1 aromatic rings.